The third kappa shape index (κ3) is 6.92. The molecule has 0 saturated carbocycles. The first-order valence-electron chi connectivity index (χ1n) is 7.38. The van der Waals surface area contributed by atoms with Gasteiger partial charge in [-0.3, -0.25) is 0 Å². The number of aromatic carboxylic acids is 1. The summed E-state index contributed by atoms with van der Waals surface area (Å²) in [6.07, 6.45) is 3.99. The van der Waals surface area contributed by atoms with Crippen LogP contribution >= 0.6 is 0 Å². The van der Waals surface area contributed by atoms with E-state index in [-0.39, 0.29) is 17.6 Å². The molecule has 1 atom stereocenters. The molecule has 120 valence electrons. The molecule has 22 heavy (non-hydrogen) atoms. The molecule has 2 amide bonds. The molecule has 0 aliphatic heterocycles. The Hall–Kier alpha value is -2.30. The second kappa shape index (κ2) is 8.87. The monoisotopic (exact) mass is 304 g/mol. The van der Waals surface area contributed by atoms with E-state index in [1.165, 1.54) is 17.7 Å². The van der Waals surface area contributed by atoms with E-state index >= 15 is 0 Å². The zero-order valence-electron chi connectivity index (χ0n) is 13.3. The van der Waals surface area contributed by atoms with Crippen molar-refractivity contribution in [3.63, 3.8) is 0 Å². The molecule has 0 aliphatic rings. The fourth-order valence-corrected chi connectivity index (χ4v) is 1.92. The van der Waals surface area contributed by atoms with Crippen molar-refractivity contribution in [2.24, 2.45) is 0 Å². The van der Waals surface area contributed by atoms with Crippen LogP contribution in [0.3, 0.4) is 0 Å². The van der Waals surface area contributed by atoms with Crippen LogP contribution in [0.4, 0.5) is 4.79 Å². The van der Waals surface area contributed by atoms with E-state index < -0.39 is 5.97 Å². The van der Waals surface area contributed by atoms with E-state index in [0.717, 1.165) is 18.4 Å². The Morgan fingerprint density at radius 3 is 2.41 bits per heavy atom. The Morgan fingerprint density at radius 1 is 1.23 bits per heavy atom. The number of nitrogens with one attached hydrogen (secondary N) is 2. The molecular weight excluding hydrogens is 280 g/mol. The van der Waals surface area contributed by atoms with Crippen molar-refractivity contribution in [2.75, 3.05) is 0 Å². The zero-order chi connectivity index (χ0) is 16.5. The smallest absolute Gasteiger partial charge is 0.335 e. The van der Waals surface area contributed by atoms with Crippen LogP contribution in [-0.2, 0) is 6.54 Å². The number of hydrogen-bond acceptors (Lipinski definition) is 2. The molecule has 1 unspecified atom stereocenters. The van der Waals surface area contributed by atoms with Crippen LogP contribution in [-0.4, -0.2) is 23.1 Å². The maximum atomic E-state index is 11.8. The molecule has 1 aromatic rings. The number of carbonyl (C=O) groups excluding carboxylic acids is 1. The summed E-state index contributed by atoms with van der Waals surface area (Å²) in [6, 6.07) is 6.33. The standard InChI is InChI=1S/C17H24N2O3/c1-12(2)5-4-6-13(3)19-17(22)18-11-14-7-9-15(10-8-14)16(20)21/h5,7-10,13H,4,6,11H2,1-3H3,(H,20,21)(H2,18,19,22). The Morgan fingerprint density at radius 2 is 1.86 bits per heavy atom. The molecule has 1 aromatic carbocycles. The third-order valence-electron chi connectivity index (χ3n) is 3.18. The zero-order valence-corrected chi connectivity index (χ0v) is 13.3. The number of hydrogen-bond donors (Lipinski definition) is 3. The van der Waals surface area contributed by atoms with Crippen molar-refractivity contribution in [3.05, 3.63) is 47.0 Å². The van der Waals surface area contributed by atoms with Gasteiger partial charge in [0, 0.05) is 12.6 Å². The molecule has 0 aromatic heterocycles. The highest BCUT2D eigenvalue weighted by molar-refractivity contribution is 5.87. The summed E-state index contributed by atoms with van der Waals surface area (Å²) < 4.78 is 0. The Kier molecular flexibility index (Phi) is 7.16. The summed E-state index contributed by atoms with van der Waals surface area (Å²) in [5.74, 6) is -0.956. The molecule has 0 saturated heterocycles. The van der Waals surface area contributed by atoms with Gasteiger partial charge < -0.3 is 15.7 Å². The topological polar surface area (TPSA) is 78.4 Å². The van der Waals surface area contributed by atoms with Gasteiger partial charge in [0.15, 0.2) is 0 Å². The summed E-state index contributed by atoms with van der Waals surface area (Å²) >= 11 is 0. The van der Waals surface area contributed by atoms with E-state index in [1.54, 1.807) is 12.1 Å². The second-order valence-corrected chi connectivity index (χ2v) is 5.59. The SMILES string of the molecule is CC(C)=CCCC(C)NC(=O)NCc1ccc(C(=O)O)cc1. The second-order valence-electron chi connectivity index (χ2n) is 5.59. The highest BCUT2D eigenvalue weighted by Gasteiger charge is 2.06. The predicted octanol–water partition coefficient (Wildman–Crippen LogP) is 3.32. The lowest BCUT2D eigenvalue weighted by Crippen LogP contribution is -2.40. The molecular formula is C17H24N2O3. The number of allylic oxidation sites excluding steroid dienone is 2. The van der Waals surface area contributed by atoms with Crippen LogP contribution in [0.25, 0.3) is 0 Å². The van der Waals surface area contributed by atoms with Crippen molar-refractivity contribution in [1.29, 1.82) is 0 Å². The lowest BCUT2D eigenvalue weighted by molar-refractivity contribution is 0.0697. The number of urea groups is 1. The number of carboxylic acid groups (broad SMARTS) is 1. The Labute approximate surface area is 131 Å². The molecule has 1 rings (SSSR count). The first-order valence-corrected chi connectivity index (χ1v) is 7.38. The van der Waals surface area contributed by atoms with Gasteiger partial charge in [0.2, 0.25) is 0 Å². The number of amides is 2. The van der Waals surface area contributed by atoms with Crippen molar-refractivity contribution in [3.8, 4) is 0 Å². The first kappa shape index (κ1) is 17.8. The van der Waals surface area contributed by atoms with Gasteiger partial charge in [-0.2, -0.15) is 0 Å². The van der Waals surface area contributed by atoms with Crippen LogP contribution in [0.1, 0.15) is 49.5 Å². The van der Waals surface area contributed by atoms with Crippen molar-refractivity contribution < 1.29 is 14.7 Å². The largest absolute Gasteiger partial charge is 0.478 e. The Bertz CT molecular complexity index is 531. The molecule has 0 spiro atoms. The lowest BCUT2D eigenvalue weighted by atomic mass is 10.1. The van der Waals surface area contributed by atoms with Crippen LogP contribution in [0.15, 0.2) is 35.9 Å². The highest BCUT2D eigenvalue weighted by Crippen LogP contribution is 2.04. The van der Waals surface area contributed by atoms with Crippen LogP contribution < -0.4 is 10.6 Å². The maximum absolute atomic E-state index is 11.8. The predicted molar refractivity (Wildman–Crippen MR) is 86.9 cm³/mol. The average Bonchev–Trinajstić information content (AvgIpc) is 2.45. The maximum Gasteiger partial charge on any atom is 0.335 e. The van der Waals surface area contributed by atoms with Gasteiger partial charge in [-0.05, 0) is 51.3 Å². The van der Waals surface area contributed by atoms with Gasteiger partial charge in [-0.1, -0.05) is 23.8 Å². The van der Waals surface area contributed by atoms with E-state index in [4.69, 9.17) is 5.11 Å². The fraction of sp³-hybridized carbons (Fsp3) is 0.412. The Balaban J connectivity index is 2.33. The molecule has 3 N–H and O–H groups in total. The van der Waals surface area contributed by atoms with E-state index in [9.17, 15) is 9.59 Å². The van der Waals surface area contributed by atoms with Gasteiger partial charge in [0.05, 0.1) is 5.56 Å². The molecule has 0 heterocycles. The molecule has 0 radical (unpaired) electrons. The number of rotatable bonds is 7. The van der Waals surface area contributed by atoms with Crippen LogP contribution in [0, 0.1) is 0 Å². The highest BCUT2D eigenvalue weighted by atomic mass is 16.4. The van der Waals surface area contributed by atoms with Gasteiger partial charge in [-0.15, -0.1) is 0 Å². The average molecular weight is 304 g/mol. The third-order valence-corrected chi connectivity index (χ3v) is 3.18. The van der Waals surface area contributed by atoms with E-state index in [0.29, 0.717) is 6.54 Å². The molecule has 0 bridgehead atoms. The minimum Gasteiger partial charge on any atom is -0.478 e. The van der Waals surface area contributed by atoms with Crippen molar-refractivity contribution in [1.82, 2.24) is 10.6 Å². The molecule has 0 aliphatic carbocycles. The van der Waals surface area contributed by atoms with Crippen LogP contribution in [0.5, 0.6) is 0 Å². The summed E-state index contributed by atoms with van der Waals surface area (Å²) in [5.41, 5.74) is 2.37. The van der Waals surface area contributed by atoms with Crippen molar-refractivity contribution >= 4 is 12.0 Å². The van der Waals surface area contributed by atoms with Crippen molar-refractivity contribution in [2.45, 2.75) is 46.2 Å². The lowest BCUT2D eigenvalue weighted by Gasteiger charge is -2.14. The summed E-state index contributed by atoms with van der Waals surface area (Å²) in [4.78, 5) is 22.5. The fourth-order valence-electron chi connectivity index (χ4n) is 1.92. The quantitative estimate of drug-likeness (QED) is 0.676. The van der Waals surface area contributed by atoms with Gasteiger partial charge in [0.25, 0.3) is 0 Å². The number of carboxylic acids is 1. The van der Waals surface area contributed by atoms with E-state index in [2.05, 4.69) is 30.6 Å². The minimum absolute atomic E-state index is 0.102. The van der Waals surface area contributed by atoms with Gasteiger partial charge in [-0.25, -0.2) is 9.59 Å². The van der Waals surface area contributed by atoms with Gasteiger partial charge in [0.1, 0.15) is 0 Å². The molecule has 5 nitrogen and oxygen atoms in total. The van der Waals surface area contributed by atoms with Crippen LogP contribution in [0.2, 0.25) is 0 Å². The first-order chi connectivity index (χ1) is 10.4. The summed E-state index contributed by atoms with van der Waals surface area (Å²) in [6.45, 7) is 6.45. The summed E-state index contributed by atoms with van der Waals surface area (Å²) in [7, 11) is 0. The number of benzene rings is 1. The number of carbonyl (C=O) groups is 2. The summed E-state index contributed by atoms with van der Waals surface area (Å²) in [5, 5.41) is 14.5. The van der Waals surface area contributed by atoms with Gasteiger partial charge >= 0.3 is 12.0 Å². The normalized spacial score (nSPS) is 11.4. The van der Waals surface area contributed by atoms with E-state index in [1.807, 2.05) is 6.92 Å². The molecule has 5 heteroatoms. The minimum atomic E-state index is -0.956. The molecule has 0 fully saturated rings.